The van der Waals surface area contributed by atoms with E-state index in [0.717, 1.165) is 37.9 Å². The Balaban J connectivity index is 0.00000210. The maximum Gasteiger partial charge on any atom is 0.354 e. The number of hydrogen-bond acceptors (Lipinski definition) is 3. The number of methoxy groups -OCH3 is 1. The molecule has 27 heavy (non-hydrogen) atoms. The van der Waals surface area contributed by atoms with Crippen molar-refractivity contribution in [3.8, 4) is 0 Å². The number of benzene rings is 1. The molecule has 0 spiro atoms. The summed E-state index contributed by atoms with van der Waals surface area (Å²) in [6.45, 7) is 8.83. The molecule has 4 rings (SSSR count). The van der Waals surface area contributed by atoms with E-state index in [4.69, 9.17) is 4.74 Å². The lowest BCUT2D eigenvalue weighted by molar-refractivity contribution is -0.134. The number of ether oxygens (including phenoxy) is 1. The fraction of sp³-hybridized carbons (Fsp3) is 0.500. The van der Waals surface area contributed by atoms with Gasteiger partial charge in [-0.25, -0.2) is 4.79 Å². The van der Waals surface area contributed by atoms with Crippen molar-refractivity contribution in [1.82, 2.24) is 9.47 Å². The van der Waals surface area contributed by atoms with Crippen LogP contribution in [0.3, 0.4) is 0 Å². The number of nitrogens with zero attached hydrogens (tertiary/aromatic N) is 2. The molecular formula is C22H29ClN2O2. The average Bonchev–Trinajstić information content (AvgIpc) is 3.04. The molecule has 0 aliphatic carbocycles. The zero-order valence-corrected chi connectivity index (χ0v) is 17.4. The van der Waals surface area contributed by atoms with Crippen LogP contribution in [0.25, 0.3) is 16.6 Å². The van der Waals surface area contributed by atoms with Gasteiger partial charge < -0.3 is 9.30 Å². The largest absolute Gasteiger partial charge is 0.464 e. The summed E-state index contributed by atoms with van der Waals surface area (Å²) in [5, 5.41) is 1.28. The van der Waals surface area contributed by atoms with Crippen molar-refractivity contribution in [3.63, 3.8) is 0 Å². The first kappa shape index (κ1) is 20.0. The summed E-state index contributed by atoms with van der Waals surface area (Å²) in [4.78, 5) is 15.3. The first-order valence-electron chi connectivity index (χ1n) is 9.79. The van der Waals surface area contributed by atoms with Gasteiger partial charge in [0.2, 0.25) is 0 Å². The van der Waals surface area contributed by atoms with E-state index in [-0.39, 0.29) is 23.8 Å². The lowest BCUT2D eigenvalue weighted by Crippen LogP contribution is -2.47. The average molecular weight is 389 g/mol. The Hall–Kier alpha value is -1.78. The van der Waals surface area contributed by atoms with Crippen LogP contribution in [0.2, 0.25) is 0 Å². The molecule has 146 valence electrons. The van der Waals surface area contributed by atoms with E-state index in [9.17, 15) is 4.79 Å². The lowest BCUT2D eigenvalue weighted by Gasteiger charge is -2.49. The van der Waals surface area contributed by atoms with Gasteiger partial charge in [-0.2, -0.15) is 0 Å². The second kappa shape index (κ2) is 7.33. The molecule has 1 aromatic heterocycles. The van der Waals surface area contributed by atoms with Crippen LogP contribution in [0.4, 0.5) is 0 Å². The van der Waals surface area contributed by atoms with E-state index < -0.39 is 0 Å². The van der Waals surface area contributed by atoms with Gasteiger partial charge in [0.25, 0.3) is 0 Å². The minimum Gasteiger partial charge on any atom is -0.464 e. The highest BCUT2D eigenvalue weighted by molar-refractivity contribution is 6.13. The molecule has 0 amide bonds. The summed E-state index contributed by atoms with van der Waals surface area (Å²) in [5.74, 6) is -0.244. The van der Waals surface area contributed by atoms with E-state index in [1.807, 2.05) is 0 Å². The van der Waals surface area contributed by atoms with Crippen LogP contribution in [0.15, 0.2) is 30.3 Å². The van der Waals surface area contributed by atoms with E-state index >= 15 is 0 Å². The Morgan fingerprint density at radius 1 is 1.22 bits per heavy atom. The first-order valence-corrected chi connectivity index (χ1v) is 9.79. The van der Waals surface area contributed by atoms with Crippen molar-refractivity contribution in [2.24, 2.45) is 5.41 Å². The fourth-order valence-corrected chi connectivity index (χ4v) is 5.18. The van der Waals surface area contributed by atoms with Gasteiger partial charge in [0.05, 0.1) is 18.7 Å². The van der Waals surface area contributed by atoms with E-state index in [1.54, 1.807) is 0 Å². The number of hydrogen-bond donors (Lipinski definition) is 0. The molecule has 5 heteroatoms. The third-order valence-electron chi connectivity index (χ3n) is 6.62. The second-order valence-corrected chi connectivity index (χ2v) is 7.46. The normalized spacial score (nSPS) is 20.6. The van der Waals surface area contributed by atoms with Crippen molar-refractivity contribution < 1.29 is 9.53 Å². The summed E-state index contributed by atoms with van der Waals surface area (Å²) >= 11 is 0. The Morgan fingerprint density at radius 2 is 1.93 bits per heavy atom. The van der Waals surface area contributed by atoms with Gasteiger partial charge >= 0.3 is 5.97 Å². The van der Waals surface area contributed by atoms with Crippen molar-refractivity contribution in [2.75, 3.05) is 20.2 Å². The lowest BCUT2D eigenvalue weighted by atomic mass is 9.69. The molecule has 0 saturated heterocycles. The molecule has 0 fully saturated rings. The molecule has 3 heterocycles. The third-order valence-corrected chi connectivity index (χ3v) is 6.62. The summed E-state index contributed by atoms with van der Waals surface area (Å²) in [6.07, 6.45) is 5.25. The molecule has 1 aromatic carbocycles. The van der Waals surface area contributed by atoms with Gasteiger partial charge in [0, 0.05) is 23.0 Å². The van der Waals surface area contributed by atoms with Crippen molar-refractivity contribution >= 4 is 35.0 Å². The van der Waals surface area contributed by atoms with Crippen molar-refractivity contribution in [1.29, 1.82) is 0 Å². The summed E-state index contributed by atoms with van der Waals surface area (Å²) in [7, 11) is 1.48. The maximum absolute atomic E-state index is 12.7. The van der Waals surface area contributed by atoms with E-state index in [2.05, 4.69) is 60.6 Å². The minimum atomic E-state index is -0.244. The van der Waals surface area contributed by atoms with Crippen LogP contribution < -0.4 is 0 Å². The van der Waals surface area contributed by atoms with Crippen LogP contribution in [0.5, 0.6) is 0 Å². The number of esters is 1. The highest BCUT2D eigenvalue weighted by Gasteiger charge is 2.48. The Bertz CT molecular complexity index is 895. The molecule has 2 aromatic rings. The standard InChI is InChI=1S/C22H28N2O2.ClH/c1-5-22(6-2)14-18(21(25)26-4)24-17-11-9-8-10-15(17)16-12-13-23(7-3)20(22)19(16)24;/h8-11,14,20H,5-7,12-13H2,1-4H3;1H. The van der Waals surface area contributed by atoms with Gasteiger partial charge in [0.15, 0.2) is 0 Å². The third kappa shape index (κ3) is 2.65. The number of para-hydroxylation sites is 1. The monoisotopic (exact) mass is 388 g/mol. The molecule has 2 aliphatic heterocycles. The summed E-state index contributed by atoms with van der Waals surface area (Å²) in [6, 6.07) is 8.79. The van der Waals surface area contributed by atoms with Crippen LogP contribution in [0, 0.1) is 5.41 Å². The van der Waals surface area contributed by atoms with Gasteiger partial charge in [-0.3, -0.25) is 4.90 Å². The fourth-order valence-electron chi connectivity index (χ4n) is 5.18. The summed E-state index contributed by atoms with van der Waals surface area (Å²) < 4.78 is 7.37. The van der Waals surface area contributed by atoms with Crippen LogP contribution >= 0.6 is 12.4 Å². The quantitative estimate of drug-likeness (QED) is 0.704. The SMILES string of the molecule is CCN1CCc2c3n(c4ccccc24)C(C(=O)OC)=CC(CC)(CC)C31.Cl. The van der Waals surface area contributed by atoms with Crippen molar-refractivity contribution in [2.45, 2.75) is 46.1 Å². The maximum atomic E-state index is 12.7. The molecule has 1 atom stereocenters. The number of rotatable bonds is 4. The molecule has 0 bridgehead atoms. The van der Waals surface area contributed by atoms with Gasteiger partial charge in [-0.05, 0) is 43.5 Å². The smallest absolute Gasteiger partial charge is 0.354 e. The molecule has 0 N–H and O–H groups in total. The topological polar surface area (TPSA) is 34.5 Å². The minimum absolute atomic E-state index is 0. The molecular weight excluding hydrogens is 360 g/mol. The molecule has 0 radical (unpaired) electrons. The summed E-state index contributed by atoms with van der Waals surface area (Å²) in [5.41, 5.74) is 4.49. The molecule has 1 unspecified atom stereocenters. The second-order valence-electron chi connectivity index (χ2n) is 7.46. The Morgan fingerprint density at radius 3 is 2.56 bits per heavy atom. The Kier molecular flexibility index (Phi) is 5.42. The van der Waals surface area contributed by atoms with Crippen LogP contribution in [-0.2, 0) is 16.0 Å². The molecule has 0 saturated carbocycles. The number of fused-ring (bicyclic) bond motifs is 3. The van der Waals surface area contributed by atoms with Gasteiger partial charge in [-0.15, -0.1) is 12.4 Å². The molecule has 4 nitrogen and oxygen atoms in total. The van der Waals surface area contributed by atoms with Gasteiger partial charge in [-0.1, -0.05) is 39.0 Å². The number of carbonyl (C=O) groups excluding carboxylic acids is 1. The highest BCUT2D eigenvalue weighted by atomic mass is 35.5. The van der Waals surface area contributed by atoms with E-state index in [1.165, 1.54) is 23.8 Å². The number of halogens is 1. The number of aromatic nitrogens is 1. The zero-order valence-electron chi connectivity index (χ0n) is 16.6. The highest BCUT2D eigenvalue weighted by Crippen LogP contribution is 2.54. The predicted molar refractivity (Wildman–Crippen MR) is 112 cm³/mol. The number of carbonyl (C=O) groups is 1. The van der Waals surface area contributed by atoms with Crippen LogP contribution in [-0.4, -0.2) is 35.6 Å². The van der Waals surface area contributed by atoms with E-state index in [0.29, 0.717) is 11.7 Å². The zero-order chi connectivity index (χ0) is 18.5. The van der Waals surface area contributed by atoms with Crippen LogP contribution in [0.1, 0.15) is 50.9 Å². The molecule has 2 aliphatic rings. The van der Waals surface area contributed by atoms with Gasteiger partial charge in [0.1, 0.15) is 5.70 Å². The predicted octanol–water partition coefficient (Wildman–Crippen LogP) is 4.82. The number of likely N-dealkylation sites (N-methyl/N-ethyl adjacent to an activating group) is 1. The first-order chi connectivity index (χ1) is 12.6. The van der Waals surface area contributed by atoms with Crippen molar-refractivity contribution in [3.05, 3.63) is 41.6 Å². The Labute approximate surface area is 167 Å².